The minimum atomic E-state index is 0.370. The van der Waals surface area contributed by atoms with Crippen LogP contribution in [0.1, 0.15) is 57.8 Å². The van der Waals surface area contributed by atoms with Gasteiger partial charge in [-0.2, -0.15) is 0 Å². The van der Waals surface area contributed by atoms with Gasteiger partial charge in [0.05, 0.1) is 0 Å². The van der Waals surface area contributed by atoms with Crippen molar-refractivity contribution in [3.63, 3.8) is 0 Å². The van der Waals surface area contributed by atoms with Crippen molar-refractivity contribution in [3.8, 4) is 0 Å². The van der Waals surface area contributed by atoms with Gasteiger partial charge in [0.2, 0.25) is 0 Å². The van der Waals surface area contributed by atoms with Crippen LogP contribution in [-0.2, 0) is 0 Å². The van der Waals surface area contributed by atoms with E-state index in [0.29, 0.717) is 18.6 Å². The molecule has 0 aromatic heterocycles. The molecule has 0 spiro atoms. The maximum absolute atomic E-state index is 9.11. The first kappa shape index (κ1) is 12.9. The Kier molecular flexibility index (Phi) is 3.68. The Balaban J connectivity index is 1.68. The molecule has 0 amide bonds. The quantitative estimate of drug-likeness (QED) is 0.763. The smallest absolute Gasteiger partial charge is 0.0431 e. The van der Waals surface area contributed by atoms with E-state index in [0.717, 1.165) is 36.5 Å². The summed E-state index contributed by atoms with van der Waals surface area (Å²) < 4.78 is 0. The normalized spacial score (nSPS) is 45.7. The molecule has 0 aliphatic heterocycles. The molecule has 18 heavy (non-hydrogen) atoms. The van der Waals surface area contributed by atoms with Gasteiger partial charge in [-0.15, -0.1) is 0 Å². The van der Waals surface area contributed by atoms with Gasteiger partial charge in [0.1, 0.15) is 0 Å². The van der Waals surface area contributed by atoms with Crippen LogP contribution in [0.5, 0.6) is 0 Å². The van der Waals surface area contributed by atoms with Gasteiger partial charge in [-0.25, -0.2) is 0 Å². The molecule has 2 heteroatoms. The lowest BCUT2D eigenvalue weighted by molar-refractivity contribution is -0.103. The Bertz CT molecular complexity index is 273. The molecular weight excluding hydrogens is 224 g/mol. The third-order valence-corrected chi connectivity index (χ3v) is 6.16. The summed E-state index contributed by atoms with van der Waals surface area (Å²) >= 11 is 0. The van der Waals surface area contributed by atoms with Crippen molar-refractivity contribution >= 4 is 0 Å². The summed E-state index contributed by atoms with van der Waals surface area (Å²) in [6.45, 7) is 0.741. The Morgan fingerprint density at radius 2 is 1.56 bits per heavy atom. The maximum atomic E-state index is 9.11. The van der Waals surface area contributed by atoms with E-state index in [-0.39, 0.29) is 0 Å². The van der Waals surface area contributed by atoms with Crippen LogP contribution in [0.15, 0.2) is 0 Å². The Morgan fingerprint density at radius 1 is 0.889 bits per heavy atom. The second-order valence-corrected chi connectivity index (χ2v) is 7.33. The minimum absolute atomic E-state index is 0.370. The van der Waals surface area contributed by atoms with Gasteiger partial charge in [-0.1, -0.05) is 0 Å². The van der Waals surface area contributed by atoms with E-state index in [4.69, 9.17) is 10.2 Å². The highest BCUT2D eigenvalue weighted by Gasteiger charge is 2.54. The highest BCUT2D eigenvalue weighted by molar-refractivity contribution is 5.04. The molecule has 4 bridgehead atoms. The fraction of sp³-hybridized carbons (Fsp3) is 1.00. The predicted octanol–water partition coefficient (Wildman–Crippen LogP) is 2.97. The minimum Gasteiger partial charge on any atom is -0.396 e. The van der Waals surface area contributed by atoms with Gasteiger partial charge >= 0.3 is 0 Å². The molecule has 104 valence electrons. The second kappa shape index (κ2) is 5.13. The van der Waals surface area contributed by atoms with E-state index in [1.165, 1.54) is 44.9 Å². The Hall–Kier alpha value is -0.0800. The summed E-state index contributed by atoms with van der Waals surface area (Å²) in [5, 5.41) is 18.2. The van der Waals surface area contributed by atoms with Gasteiger partial charge in [-0.05, 0) is 86.9 Å². The van der Waals surface area contributed by atoms with Gasteiger partial charge in [0, 0.05) is 13.2 Å². The van der Waals surface area contributed by atoms with Crippen LogP contribution in [0.4, 0.5) is 0 Å². The van der Waals surface area contributed by atoms with Crippen molar-refractivity contribution in [2.75, 3.05) is 13.2 Å². The zero-order chi connectivity index (χ0) is 12.6. The lowest BCUT2D eigenvalue weighted by Crippen LogP contribution is -2.51. The molecule has 0 aromatic carbocycles. The van der Waals surface area contributed by atoms with Crippen LogP contribution in [0.3, 0.4) is 0 Å². The molecule has 2 N–H and O–H groups in total. The molecule has 4 fully saturated rings. The maximum Gasteiger partial charge on any atom is 0.0431 e. The Morgan fingerprint density at radius 3 is 2.17 bits per heavy atom. The first-order chi connectivity index (χ1) is 8.76. The fourth-order valence-electron chi connectivity index (χ4n) is 5.86. The predicted molar refractivity (Wildman–Crippen MR) is 72.1 cm³/mol. The van der Waals surface area contributed by atoms with Crippen molar-refractivity contribution in [1.29, 1.82) is 0 Å². The van der Waals surface area contributed by atoms with E-state index in [2.05, 4.69) is 0 Å². The molecule has 4 aliphatic rings. The van der Waals surface area contributed by atoms with Crippen LogP contribution in [0, 0.1) is 29.1 Å². The van der Waals surface area contributed by atoms with Crippen molar-refractivity contribution in [1.82, 2.24) is 0 Å². The van der Waals surface area contributed by atoms with Crippen LogP contribution >= 0.6 is 0 Å². The average molecular weight is 252 g/mol. The summed E-state index contributed by atoms with van der Waals surface area (Å²) in [5.74, 6) is 3.80. The standard InChI is InChI=1S/C16H28O2/c17-5-1-3-15-13-7-12-8-14(15)11-16(9-12,10-13)4-2-6-18/h12-15,17-18H,1-11H2. The Labute approximate surface area is 111 Å². The van der Waals surface area contributed by atoms with Gasteiger partial charge < -0.3 is 10.2 Å². The van der Waals surface area contributed by atoms with Crippen molar-refractivity contribution in [2.24, 2.45) is 29.1 Å². The summed E-state index contributed by atoms with van der Waals surface area (Å²) in [5.41, 5.74) is 0.606. The average Bonchev–Trinajstić information content (AvgIpc) is 2.35. The van der Waals surface area contributed by atoms with Crippen LogP contribution < -0.4 is 0 Å². The molecule has 2 nitrogen and oxygen atoms in total. The highest BCUT2D eigenvalue weighted by Crippen LogP contribution is 2.64. The molecule has 4 rings (SSSR count). The number of hydrogen-bond donors (Lipinski definition) is 2. The monoisotopic (exact) mass is 252 g/mol. The number of aliphatic hydroxyl groups excluding tert-OH is 2. The molecular formula is C16H28O2. The second-order valence-electron chi connectivity index (χ2n) is 7.33. The van der Waals surface area contributed by atoms with Gasteiger partial charge in [0.15, 0.2) is 0 Å². The third kappa shape index (κ3) is 2.22. The molecule has 4 aliphatic carbocycles. The molecule has 2 atom stereocenters. The molecule has 0 saturated heterocycles. The van der Waals surface area contributed by atoms with E-state index >= 15 is 0 Å². The van der Waals surface area contributed by atoms with E-state index in [9.17, 15) is 0 Å². The molecule has 0 heterocycles. The number of rotatable bonds is 6. The first-order valence-electron chi connectivity index (χ1n) is 7.98. The first-order valence-corrected chi connectivity index (χ1v) is 7.98. The topological polar surface area (TPSA) is 40.5 Å². The molecule has 0 aromatic rings. The highest BCUT2D eigenvalue weighted by atomic mass is 16.3. The zero-order valence-electron chi connectivity index (χ0n) is 11.5. The van der Waals surface area contributed by atoms with Crippen molar-refractivity contribution in [2.45, 2.75) is 57.8 Å². The van der Waals surface area contributed by atoms with Crippen LogP contribution in [0.25, 0.3) is 0 Å². The van der Waals surface area contributed by atoms with E-state index in [1.807, 2.05) is 0 Å². The number of hydrogen-bond acceptors (Lipinski definition) is 2. The number of aliphatic hydroxyl groups is 2. The van der Waals surface area contributed by atoms with Crippen LogP contribution in [-0.4, -0.2) is 23.4 Å². The van der Waals surface area contributed by atoms with E-state index < -0.39 is 0 Å². The molecule has 0 radical (unpaired) electrons. The summed E-state index contributed by atoms with van der Waals surface area (Å²) in [4.78, 5) is 0. The zero-order valence-corrected chi connectivity index (χ0v) is 11.5. The summed E-state index contributed by atoms with van der Waals surface area (Å²) in [6.07, 6.45) is 11.8. The fourth-order valence-corrected chi connectivity index (χ4v) is 5.86. The van der Waals surface area contributed by atoms with Gasteiger partial charge in [0.25, 0.3) is 0 Å². The third-order valence-electron chi connectivity index (χ3n) is 6.16. The summed E-state index contributed by atoms with van der Waals surface area (Å²) in [7, 11) is 0. The molecule has 2 unspecified atom stereocenters. The summed E-state index contributed by atoms with van der Waals surface area (Å²) in [6, 6.07) is 0. The van der Waals surface area contributed by atoms with Crippen molar-refractivity contribution in [3.05, 3.63) is 0 Å². The van der Waals surface area contributed by atoms with Gasteiger partial charge in [-0.3, -0.25) is 0 Å². The molecule has 4 saturated carbocycles. The van der Waals surface area contributed by atoms with Crippen molar-refractivity contribution < 1.29 is 10.2 Å². The largest absolute Gasteiger partial charge is 0.396 e. The lowest BCUT2D eigenvalue weighted by Gasteiger charge is -2.60. The lowest BCUT2D eigenvalue weighted by atomic mass is 9.45. The SMILES string of the molecule is OCCCC1C2CC3CC1CC(CCCO)(C3)C2. The van der Waals surface area contributed by atoms with Crippen LogP contribution in [0.2, 0.25) is 0 Å². The van der Waals surface area contributed by atoms with E-state index in [1.54, 1.807) is 0 Å².